The van der Waals surface area contributed by atoms with Crippen molar-refractivity contribution >= 4 is 22.4 Å². The van der Waals surface area contributed by atoms with Crippen LogP contribution in [0.3, 0.4) is 0 Å². The predicted octanol–water partition coefficient (Wildman–Crippen LogP) is 2.21. The molecule has 0 bridgehead atoms. The molecule has 6 heteroatoms. The Bertz CT molecular complexity index is 435. The zero-order chi connectivity index (χ0) is 13.8. The number of esters is 1. The van der Waals surface area contributed by atoms with Crippen molar-refractivity contribution in [1.29, 1.82) is 0 Å². The van der Waals surface area contributed by atoms with Gasteiger partial charge in [0.2, 0.25) is 0 Å². The molecule has 2 atom stereocenters. The van der Waals surface area contributed by atoms with Crippen LogP contribution in [0.4, 0.5) is 5.13 Å². The standard InChI is InChI=1S/C13H21N3O2S/c1-4-18-12(17)11-8-19-13(15-11)14-10-5-6-16(3)9(2)7-10/h8-10H,4-7H2,1-3H3,(H,14,15). The number of rotatable bonds is 4. The molecule has 0 aromatic carbocycles. The number of piperidine rings is 1. The van der Waals surface area contributed by atoms with Crippen molar-refractivity contribution in [1.82, 2.24) is 9.88 Å². The summed E-state index contributed by atoms with van der Waals surface area (Å²) < 4.78 is 4.93. The molecule has 1 aromatic rings. The Labute approximate surface area is 118 Å². The molecular formula is C13H21N3O2S. The highest BCUT2D eigenvalue weighted by molar-refractivity contribution is 7.13. The molecule has 2 rings (SSSR count). The van der Waals surface area contributed by atoms with Crippen LogP contribution in [-0.4, -0.2) is 48.1 Å². The smallest absolute Gasteiger partial charge is 0.357 e. The zero-order valence-corrected chi connectivity index (χ0v) is 12.5. The number of carbonyl (C=O) groups excluding carboxylic acids is 1. The molecular weight excluding hydrogens is 262 g/mol. The minimum atomic E-state index is -0.344. The quantitative estimate of drug-likeness (QED) is 0.859. The molecule has 2 heterocycles. The molecule has 106 valence electrons. The molecule has 1 fully saturated rings. The minimum Gasteiger partial charge on any atom is -0.461 e. The predicted molar refractivity (Wildman–Crippen MR) is 76.8 cm³/mol. The molecule has 0 amide bonds. The van der Waals surface area contributed by atoms with Crippen LogP contribution in [0.15, 0.2) is 5.38 Å². The lowest BCUT2D eigenvalue weighted by atomic mass is 9.99. The third kappa shape index (κ3) is 3.67. The summed E-state index contributed by atoms with van der Waals surface area (Å²) in [6.45, 7) is 5.50. The molecule has 0 saturated carbocycles. The summed E-state index contributed by atoms with van der Waals surface area (Å²) in [7, 11) is 2.16. The van der Waals surface area contributed by atoms with Gasteiger partial charge in [0.05, 0.1) is 6.61 Å². The average Bonchev–Trinajstić information content (AvgIpc) is 2.83. The second-order valence-electron chi connectivity index (χ2n) is 4.95. The van der Waals surface area contributed by atoms with Crippen molar-refractivity contribution in [2.45, 2.75) is 38.8 Å². The Morgan fingerprint density at radius 3 is 3.16 bits per heavy atom. The first-order valence-corrected chi connectivity index (χ1v) is 7.57. The molecule has 0 spiro atoms. The largest absolute Gasteiger partial charge is 0.461 e. The van der Waals surface area contributed by atoms with Crippen LogP contribution in [0.2, 0.25) is 0 Å². The Morgan fingerprint density at radius 2 is 2.47 bits per heavy atom. The van der Waals surface area contributed by atoms with Gasteiger partial charge >= 0.3 is 5.97 Å². The van der Waals surface area contributed by atoms with Crippen molar-refractivity contribution in [2.24, 2.45) is 0 Å². The Morgan fingerprint density at radius 1 is 1.68 bits per heavy atom. The van der Waals surface area contributed by atoms with Gasteiger partial charge in [-0.2, -0.15) is 0 Å². The fraction of sp³-hybridized carbons (Fsp3) is 0.692. The van der Waals surface area contributed by atoms with E-state index in [-0.39, 0.29) is 5.97 Å². The molecule has 1 aliphatic rings. The van der Waals surface area contributed by atoms with E-state index in [4.69, 9.17) is 4.74 Å². The van der Waals surface area contributed by atoms with Crippen molar-refractivity contribution < 1.29 is 9.53 Å². The van der Waals surface area contributed by atoms with Crippen LogP contribution in [0.25, 0.3) is 0 Å². The first kappa shape index (κ1) is 14.3. The summed E-state index contributed by atoms with van der Waals surface area (Å²) in [6, 6.07) is 1.02. The number of carbonyl (C=O) groups is 1. The normalized spacial score (nSPS) is 24.2. The number of aromatic nitrogens is 1. The number of ether oxygens (including phenoxy) is 1. The van der Waals surface area contributed by atoms with Crippen molar-refractivity contribution in [2.75, 3.05) is 25.5 Å². The Hall–Kier alpha value is -1.14. The Balaban J connectivity index is 1.91. The maximum atomic E-state index is 11.5. The van der Waals surface area contributed by atoms with E-state index in [0.717, 1.165) is 24.5 Å². The summed E-state index contributed by atoms with van der Waals surface area (Å²) in [5, 5.41) is 5.98. The number of hydrogen-bond acceptors (Lipinski definition) is 6. The van der Waals surface area contributed by atoms with E-state index in [2.05, 4.69) is 29.2 Å². The van der Waals surface area contributed by atoms with E-state index in [0.29, 0.717) is 24.4 Å². The van der Waals surface area contributed by atoms with Gasteiger partial charge in [-0.25, -0.2) is 9.78 Å². The third-order valence-corrected chi connectivity index (χ3v) is 4.30. The van der Waals surface area contributed by atoms with E-state index in [1.54, 1.807) is 12.3 Å². The van der Waals surface area contributed by atoms with E-state index in [1.165, 1.54) is 11.3 Å². The maximum absolute atomic E-state index is 11.5. The molecule has 0 aliphatic carbocycles. The first-order chi connectivity index (χ1) is 9.10. The summed E-state index contributed by atoms with van der Waals surface area (Å²) >= 11 is 1.46. The topological polar surface area (TPSA) is 54.5 Å². The molecule has 1 N–H and O–H groups in total. The average molecular weight is 283 g/mol. The van der Waals surface area contributed by atoms with E-state index in [9.17, 15) is 4.79 Å². The highest BCUT2D eigenvalue weighted by Crippen LogP contribution is 2.22. The molecule has 1 aromatic heterocycles. The number of hydrogen-bond donors (Lipinski definition) is 1. The molecule has 1 saturated heterocycles. The molecule has 1 aliphatic heterocycles. The number of anilines is 1. The van der Waals surface area contributed by atoms with Gasteiger partial charge in [-0.1, -0.05) is 0 Å². The fourth-order valence-electron chi connectivity index (χ4n) is 2.23. The van der Waals surface area contributed by atoms with Crippen LogP contribution in [0.5, 0.6) is 0 Å². The van der Waals surface area contributed by atoms with Gasteiger partial charge in [-0.3, -0.25) is 0 Å². The van der Waals surface area contributed by atoms with Crippen LogP contribution >= 0.6 is 11.3 Å². The summed E-state index contributed by atoms with van der Waals surface area (Å²) in [5.41, 5.74) is 0.398. The van der Waals surface area contributed by atoms with Gasteiger partial charge in [0.1, 0.15) is 0 Å². The third-order valence-electron chi connectivity index (χ3n) is 3.52. The highest BCUT2D eigenvalue weighted by Gasteiger charge is 2.23. The lowest BCUT2D eigenvalue weighted by Crippen LogP contribution is -2.42. The molecule has 5 nitrogen and oxygen atoms in total. The molecule has 2 unspecified atom stereocenters. The van der Waals surface area contributed by atoms with Crippen LogP contribution in [-0.2, 0) is 4.74 Å². The van der Waals surface area contributed by atoms with Crippen molar-refractivity contribution in [3.05, 3.63) is 11.1 Å². The van der Waals surface area contributed by atoms with Crippen molar-refractivity contribution in [3.8, 4) is 0 Å². The number of likely N-dealkylation sites (tertiary alicyclic amines) is 1. The highest BCUT2D eigenvalue weighted by atomic mass is 32.1. The van der Waals surface area contributed by atoms with Gasteiger partial charge in [0.25, 0.3) is 0 Å². The number of thiazole rings is 1. The van der Waals surface area contributed by atoms with Gasteiger partial charge in [-0.15, -0.1) is 11.3 Å². The van der Waals surface area contributed by atoms with Crippen molar-refractivity contribution in [3.63, 3.8) is 0 Å². The van der Waals surface area contributed by atoms with Crippen LogP contribution < -0.4 is 5.32 Å². The number of nitrogens with zero attached hydrogens (tertiary/aromatic N) is 2. The zero-order valence-electron chi connectivity index (χ0n) is 11.7. The SMILES string of the molecule is CCOC(=O)c1csc(NC2CCN(C)C(C)C2)n1. The second-order valence-corrected chi connectivity index (χ2v) is 5.81. The van der Waals surface area contributed by atoms with Crippen LogP contribution in [0, 0.1) is 0 Å². The van der Waals surface area contributed by atoms with Gasteiger partial charge < -0.3 is 15.0 Å². The summed E-state index contributed by atoms with van der Waals surface area (Å²) in [4.78, 5) is 18.2. The maximum Gasteiger partial charge on any atom is 0.357 e. The minimum absolute atomic E-state index is 0.344. The second kappa shape index (κ2) is 6.34. The van der Waals surface area contributed by atoms with E-state index >= 15 is 0 Å². The molecule has 0 radical (unpaired) electrons. The van der Waals surface area contributed by atoms with E-state index in [1.807, 2.05) is 0 Å². The van der Waals surface area contributed by atoms with Gasteiger partial charge in [0, 0.05) is 24.0 Å². The monoisotopic (exact) mass is 283 g/mol. The first-order valence-electron chi connectivity index (χ1n) is 6.69. The van der Waals surface area contributed by atoms with Gasteiger partial charge in [0.15, 0.2) is 10.8 Å². The summed E-state index contributed by atoms with van der Waals surface area (Å²) in [5.74, 6) is -0.344. The number of nitrogens with one attached hydrogen (secondary N) is 1. The lowest BCUT2D eigenvalue weighted by molar-refractivity contribution is 0.0520. The molecule has 19 heavy (non-hydrogen) atoms. The summed E-state index contributed by atoms with van der Waals surface area (Å²) in [6.07, 6.45) is 2.21. The Kier molecular flexibility index (Phi) is 4.76. The fourth-order valence-corrected chi connectivity index (χ4v) is 2.99. The lowest BCUT2D eigenvalue weighted by Gasteiger charge is -2.35. The van der Waals surface area contributed by atoms with Gasteiger partial charge in [-0.05, 0) is 33.7 Å². The van der Waals surface area contributed by atoms with E-state index < -0.39 is 0 Å². The van der Waals surface area contributed by atoms with Crippen LogP contribution in [0.1, 0.15) is 37.2 Å².